The molecule has 0 radical (unpaired) electrons. The molecule has 0 bridgehead atoms. The minimum atomic E-state index is 0.645. The Kier molecular flexibility index (Phi) is 9.26. The lowest BCUT2D eigenvalue weighted by molar-refractivity contribution is 0.155. The van der Waals surface area contributed by atoms with E-state index in [1.54, 1.807) is 0 Å². The summed E-state index contributed by atoms with van der Waals surface area (Å²) in [4.78, 5) is 0. The average Bonchev–Trinajstić information content (AvgIpc) is 2.37. The van der Waals surface area contributed by atoms with Gasteiger partial charge in [0, 0.05) is 6.61 Å². The van der Waals surface area contributed by atoms with E-state index in [9.17, 15) is 0 Å². The first-order chi connectivity index (χ1) is 8.79. The molecule has 18 heavy (non-hydrogen) atoms. The van der Waals surface area contributed by atoms with E-state index in [0.717, 1.165) is 41.6 Å². The summed E-state index contributed by atoms with van der Waals surface area (Å²) in [5, 5.41) is 0. The molecule has 1 aromatic carbocycles. The van der Waals surface area contributed by atoms with Crippen LogP contribution in [0.15, 0.2) is 39.8 Å². The molecule has 1 aromatic rings. The van der Waals surface area contributed by atoms with E-state index in [1.165, 1.54) is 0 Å². The van der Waals surface area contributed by atoms with Crippen molar-refractivity contribution in [3.05, 3.63) is 39.8 Å². The maximum atomic E-state index is 5.60. The molecule has 0 saturated carbocycles. The Hall–Kier alpha value is -0.320. The predicted molar refractivity (Wildman–Crippen MR) is 82.5 cm³/mol. The van der Waals surface area contributed by atoms with E-state index in [1.807, 2.05) is 36.4 Å². The molecule has 0 aliphatic carbocycles. The lowest BCUT2D eigenvalue weighted by Crippen LogP contribution is -1.99. The van der Waals surface area contributed by atoms with Gasteiger partial charge in [-0.3, -0.25) is 0 Å². The average molecular weight is 378 g/mol. The van der Waals surface area contributed by atoms with Crippen LogP contribution in [0.25, 0.3) is 0 Å². The SMILES string of the molecule is BrC(Br)=CCOCCCCCOc1ccccc1. The van der Waals surface area contributed by atoms with Crippen LogP contribution in [0, 0.1) is 0 Å². The van der Waals surface area contributed by atoms with Crippen LogP contribution in [-0.4, -0.2) is 19.8 Å². The van der Waals surface area contributed by atoms with Crippen LogP contribution in [0.1, 0.15) is 19.3 Å². The van der Waals surface area contributed by atoms with Crippen molar-refractivity contribution in [1.82, 2.24) is 0 Å². The largest absolute Gasteiger partial charge is 0.494 e. The Morgan fingerprint density at radius 2 is 1.72 bits per heavy atom. The van der Waals surface area contributed by atoms with E-state index in [4.69, 9.17) is 9.47 Å². The van der Waals surface area contributed by atoms with Gasteiger partial charge in [0.2, 0.25) is 0 Å². The minimum Gasteiger partial charge on any atom is -0.494 e. The summed E-state index contributed by atoms with van der Waals surface area (Å²) >= 11 is 6.56. The fourth-order valence-corrected chi connectivity index (χ4v) is 1.66. The number of ether oxygens (including phenoxy) is 2. The Labute approximate surface area is 126 Å². The number of para-hydroxylation sites is 1. The quantitative estimate of drug-likeness (QED) is 0.570. The summed E-state index contributed by atoms with van der Waals surface area (Å²) in [6.07, 6.45) is 5.21. The third-order valence-corrected chi connectivity index (χ3v) is 2.95. The maximum Gasteiger partial charge on any atom is 0.119 e. The van der Waals surface area contributed by atoms with Crippen LogP contribution in [0.4, 0.5) is 0 Å². The molecule has 0 atom stereocenters. The summed E-state index contributed by atoms with van der Waals surface area (Å²) < 4.78 is 12.0. The monoisotopic (exact) mass is 376 g/mol. The van der Waals surface area contributed by atoms with Crippen LogP contribution < -0.4 is 4.74 Å². The minimum absolute atomic E-state index is 0.645. The zero-order chi connectivity index (χ0) is 13.1. The molecule has 0 spiro atoms. The highest BCUT2D eigenvalue weighted by atomic mass is 79.9. The molecule has 0 aliphatic rings. The molecule has 0 unspecified atom stereocenters. The molecule has 0 amide bonds. The summed E-state index contributed by atoms with van der Waals surface area (Å²) in [6.45, 7) is 2.22. The molecule has 1 rings (SSSR count). The third-order valence-electron chi connectivity index (χ3n) is 2.30. The highest BCUT2D eigenvalue weighted by Crippen LogP contribution is 2.12. The summed E-state index contributed by atoms with van der Waals surface area (Å²) in [7, 11) is 0. The highest BCUT2D eigenvalue weighted by molar-refractivity contribution is 9.28. The smallest absolute Gasteiger partial charge is 0.119 e. The molecule has 0 aliphatic heterocycles. The van der Waals surface area contributed by atoms with E-state index in [-0.39, 0.29) is 0 Å². The van der Waals surface area contributed by atoms with Gasteiger partial charge < -0.3 is 9.47 Å². The summed E-state index contributed by atoms with van der Waals surface area (Å²) in [5.74, 6) is 0.945. The van der Waals surface area contributed by atoms with E-state index < -0.39 is 0 Å². The molecule has 2 nitrogen and oxygen atoms in total. The van der Waals surface area contributed by atoms with Crippen LogP contribution in [0.2, 0.25) is 0 Å². The second kappa shape index (κ2) is 10.6. The molecule has 0 N–H and O–H groups in total. The zero-order valence-electron chi connectivity index (χ0n) is 10.3. The van der Waals surface area contributed by atoms with E-state index in [0.29, 0.717) is 6.61 Å². The Balaban J connectivity index is 1.89. The van der Waals surface area contributed by atoms with Gasteiger partial charge in [-0.15, -0.1) is 0 Å². The van der Waals surface area contributed by atoms with Gasteiger partial charge in [0.05, 0.1) is 16.6 Å². The topological polar surface area (TPSA) is 18.5 Å². The third kappa shape index (κ3) is 8.72. The van der Waals surface area contributed by atoms with E-state index >= 15 is 0 Å². The van der Waals surface area contributed by atoms with Gasteiger partial charge in [-0.1, -0.05) is 18.2 Å². The molecular weight excluding hydrogens is 360 g/mol. The Bertz CT molecular complexity index is 335. The number of hydrogen-bond donors (Lipinski definition) is 0. The van der Waals surface area contributed by atoms with Gasteiger partial charge >= 0.3 is 0 Å². The molecule has 0 heterocycles. The zero-order valence-corrected chi connectivity index (χ0v) is 13.5. The van der Waals surface area contributed by atoms with Crippen LogP contribution in [-0.2, 0) is 4.74 Å². The fourth-order valence-electron chi connectivity index (χ4n) is 1.39. The van der Waals surface area contributed by atoms with Crippen molar-refractivity contribution in [1.29, 1.82) is 0 Å². The van der Waals surface area contributed by atoms with Gasteiger partial charge in [-0.25, -0.2) is 0 Å². The van der Waals surface area contributed by atoms with E-state index in [2.05, 4.69) is 31.9 Å². The van der Waals surface area contributed by atoms with Crippen LogP contribution >= 0.6 is 31.9 Å². The van der Waals surface area contributed by atoms with Crippen molar-refractivity contribution in [3.63, 3.8) is 0 Å². The fraction of sp³-hybridized carbons (Fsp3) is 0.429. The maximum absolute atomic E-state index is 5.60. The standard InChI is InChI=1S/C14H18Br2O2/c15-14(16)9-12-17-10-5-2-6-11-18-13-7-3-1-4-8-13/h1,3-4,7-9H,2,5-6,10-12H2. The van der Waals surface area contributed by atoms with Crippen molar-refractivity contribution in [2.24, 2.45) is 0 Å². The van der Waals surface area contributed by atoms with Crippen LogP contribution in [0.3, 0.4) is 0 Å². The number of rotatable bonds is 9. The lowest BCUT2D eigenvalue weighted by Gasteiger charge is -2.05. The number of unbranched alkanes of at least 4 members (excludes halogenated alkanes) is 2. The van der Waals surface area contributed by atoms with Crippen LogP contribution in [0.5, 0.6) is 5.75 Å². The highest BCUT2D eigenvalue weighted by Gasteiger charge is 1.93. The molecule has 0 fully saturated rings. The Morgan fingerprint density at radius 1 is 1.00 bits per heavy atom. The van der Waals surface area contributed by atoms with Crippen molar-refractivity contribution in [2.45, 2.75) is 19.3 Å². The van der Waals surface area contributed by atoms with Gasteiger partial charge in [0.25, 0.3) is 0 Å². The lowest BCUT2D eigenvalue weighted by atomic mass is 10.2. The Morgan fingerprint density at radius 3 is 2.44 bits per heavy atom. The van der Waals surface area contributed by atoms with Crippen molar-refractivity contribution in [3.8, 4) is 5.75 Å². The second-order valence-corrected chi connectivity index (χ2v) is 6.56. The predicted octanol–water partition coefficient (Wildman–Crippen LogP) is 4.88. The molecule has 4 heteroatoms. The first-order valence-electron chi connectivity index (χ1n) is 6.06. The second-order valence-electron chi connectivity index (χ2n) is 3.79. The normalized spacial score (nSPS) is 10.1. The molecular formula is C14H18Br2O2. The first-order valence-corrected chi connectivity index (χ1v) is 7.64. The van der Waals surface area contributed by atoms with Crippen molar-refractivity contribution in [2.75, 3.05) is 19.8 Å². The first kappa shape index (κ1) is 15.7. The van der Waals surface area contributed by atoms with Gasteiger partial charge in [-0.2, -0.15) is 0 Å². The number of benzene rings is 1. The van der Waals surface area contributed by atoms with Gasteiger partial charge in [0.15, 0.2) is 0 Å². The molecule has 100 valence electrons. The van der Waals surface area contributed by atoms with Crippen molar-refractivity contribution >= 4 is 31.9 Å². The van der Waals surface area contributed by atoms with Crippen molar-refractivity contribution < 1.29 is 9.47 Å². The van der Waals surface area contributed by atoms with Gasteiger partial charge in [0.1, 0.15) is 5.75 Å². The number of hydrogen-bond acceptors (Lipinski definition) is 2. The van der Waals surface area contributed by atoms with Gasteiger partial charge in [-0.05, 0) is 69.3 Å². The summed E-state index contributed by atoms with van der Waals surface area (Å²) in [6, 6.07) is 9.92. The molecule has 0 saturated heterocycles. The summed E-state index contributed by atoms with van der Waals surface area (Å²) in [5.41, 5.74) is 0. The number of halogens is 2. The molecule has 0 aromatic heterocycles.